The number of fused-ring (bicyclic) bond motifs is 3. The highest BCUT2D eigenvalue weighted by molar-refractivity contribution is 5.78. The molecule has 1 aromatic carbocycles. The zero-order valence-electron chi connectivity index (χ0n) is 19.2. The zero-order valence-corrected chi connectivity index (χ0v) is 19.2. The van der Waals surface area contributed by atoms with Crippen LogP contribution in [0.5, 0.6) is 5.88 Å². The van der Waals surface area contributed by atoms with Crippen molar-refractivity contribution in [2.45, 2.75) is 66.1 Å². The van der Waals surface area contributed by atoms with Crippen LogP contribution in [0.3, 0.4) is 0 Å². The molecule has 1 N–H and O–H groups in total. The Morgan fingerprint density at radius 1 is 0.818 bits per heavy atom. The molecule has 0 saturated heterocycles. The van der Waals surface area contributed by atoms with Crippen molar-refractivity contribution in [3.63, 3.8) is 0 Å². The minimum Gasteiger partial charge on any atom is -0.494 e. The summed E-state index contributed by atoms with van der Waals surface area (Å²) in [4.78, 5) is 44.9. The van der Waals surface area contributed by atoms with Gasteiger partial charge in [-0.3, -0.25) is 23.3 Å². The van der Waals surface area contributed by atoms with Gasteiger partial charge in [0, 0.05) is 19.6 Å². The van der Waals surface area contributed by atoms with Crippen LogP contribution in [0.15, 0.2) is 44.7 Å². The summed E-state index contributed by atoms with van der Waals surface area (Å²) >= 11 is 0. The van der Waals surface area contributed by atoms with E-state index in [0.29, 0.717) is 31.5 Å². The fraction of sp³-hybridized carbons (Fsp3) is 0.417. The molecular formula is C24H29N5O4. The molecule has 4 aromatic rings. The Kier molecular flexibility index (Phi) is 6.22. The van der Waals surface area contributed by atoms with Crippen molar-refractivity contribution in [3.05, 3.63) is 61.5 Å². The van der Waals surface area contributed by atoms with Crippen LogP contribution in [0.2, 0.25) is 0 Å². The van der Waals surface area contributed by atoms with Gasteiger partial charge in [-0.25, -0.2) is 9.20 Å². The van der Waals surface area contributed by atoms with Gasteiger partial charge in [0.15, 0.2) is 11.2 Å². The average Bonchev–Trinajstić information content (AvgIpc) is 3.21. The number of aromatic nitrogens is 5. The van der Waals surface area contributed by atoms with Gasteiger partial charge in [-0.05, 0) is 24.8 Å². The van der Waals surface area contributed by atoms with Gasteiger partial charge in [0.2, 0.25) is 11.7 Å². The lowest BCUT2D eigenvalue weighted by Crippen LogP contribution is -2.40. The summed E-state index contributed by atoms with van der Waals surface area (Å²) < 4.78 is 5.48. The van der Waals surface area contributed by atoms with Gasteiger partial charge in [-0.1, -0.05) is 57.5 Å². The van der Waals surface area contributed by atoms with Crippen LogP contribution in [0, 0.1) is 0 Å². The minimum absolute atomic E-state index is 0.0685. The maximum Gasteiger partial charge on any atom is 0.332 e. The largest absolute Gasteiger partial charge is 0.494 e. The van der Waals surface area contributed by atoms with E-state index in [-0.39, 0.29) is 34.9 Å². The Bertz CT molecular complexity index is 1490. The van der Waals surface area contributed by atoms with E-state index in [2.05, 4.69) is 4.98 Å². The lowest BCUT2D eigenvalue weighted by atomic mass is 10.1. The lowest BCUT2D eigenvalue weighted by molar-refractivity contribution is 0.410. The average molecular weight is 452 g/mol. The second-order valence-corrected chi connectivity index (χ2v) is 8.19. The lowest BCUT2D eigenvalue weighted by Gasteiger charge is -2.14. The van der Waals surface area contributed by atoms with Gasteiger partial charge in [-0.2, -0.15) is 4.98 Å². The molecule has 0 unspecified atom stereocenters. The number of unbranched alkanes of at least 4 members (excludes halogenated alkanes) is 1. The van der Waals surface area contributed by atoms with Crippen molar-refractivity contribution in [1.82, 2.24) is 23.1 Å². The molecule has 3 aromatic heterocycles. The van der Waals surface area contributed by atoms with E-state index in [1.165, 1.54) is 13.5 Å². The predicted octanol–water partition coefficient (Wildman–Crippen LogP) is 2.97. The van der Waals surface area contributed by atoms with Crippen molar-refractivity contribution in [1.29, 1.82) is 0 Å². The molecule has 9 heteroatoms. The maximum absolute atomic E-state index is 13.7. The van der Waals surface area contributed by atoms with Gasteiger partial charge < -0.3 is 5.11 Å². The Balaban J connectivity index is 2.26. The fourth-order valence-corrected chi connectivity index (χ4v) is 4.26. The molecule has 0 saturated carbocycles. The van der Waals surface area contributed by atoms with E-state index in [0.717, 1.165) is 12.8 Å². The summed E-state index contributed by atoms with van der Waals surface area (Å²) in [6.07, 6.45) is 2.86. The molecule has 0 atom stereocenters. The Hall–Kier alpha value is -3.62. The van der Waals surface area contributed by atoms with Gasteiger partial charge in [0.05, 0.1) is 0 Å². The molecule has 0 aliphatic rings. The summed E-state index contributed by atoms with van der Waals surface area (Å²) in [6, 6.07) is 8.89. The topological polar surface area (TPSA) is 104 Å². The second-order valence-electron chi connectivity index (χ2n) is 8.19. The molecule has 9 nitrogen and oxygen atoms in total. The highest BCUT2D eigenvalue weighted by atomic mass is 16.3. The third-order valence-electron chi connectivity index (χ3n) is 5.84. The number of hydrogen-bond donors (Lipinski definition) is 1. The minimum atomic E-state index is -0.541. The number of hydrogen-bond acceptors (Lipinski definition) is 5. The molecule has 0 amide bonds. The van der Waals surface area contributed by atoms with E-state index in [4.69, 9.17) is 0 Å². The number of nitrogens with zero attached hydrogens (tertiary/aromatic N) is 5. The van der Waals surface area contributed by atoms with E-state index >= 15 is 0 Å². The van der Waals surface area contributed by atoms with Crippen molar-refractivity contribution in [2.75, 3.05) is 0 Å². The number of rotatable bonds is 8. The highest BCUT2D eigenvalue weighted by Crippen LogP contribution is 2.28. The van der Waals surface area contributed by atoms with Crippen LogP contribution in [0.25, 0.3) is 28.1 Å². The van der Waals surface area contributed by atoms with E-state index < -0.39 is 16.8 Å². The molecule has 3 heterocycles. The third kappa shape index (κ3) is 3.57. The molecule has 0 fully saturated rings. The van der Waals surface area contributed by atoms with Crippen molar-refractivity contribution < 1.29 is 5.11 Å². The summed E-state index contributed by atoms with van der Waals surface area (Å²) in [5.41, 5.74) is -0.617. The summed E-state index contributed by atoms with van der Waals surface area (Å²) in [6.45, 7) is 6.87. The van der Waals surface area contributed by atoms with Crippen LogP contribution in [-0.2, 0) is 19.6 Å². The summed E-state index contributed by atoms with van der Waals surface area (Å²) in [5, 5.41) is 11.2. The normalized spacial score (nSPS) is 11.6. The first-order valence-corrected chi connectivity index (χ1v) is 11.5. The number of benzene rings is 1. The Labute approximate surface area is 190 Å². The number of aromatic hydroxyl groups is 1. The highest BCUT2D eigenvalue weighted by Gasteiger charge is 2.25. The van der Waals surface area contributed by atoms with Crippen LogP contribution in [-0.4, -0.2) is 28.2 Å². The smallest absolute Gasteiger partial charge is 0.332 e. The molecule has 4 rings (SSSR count). The van der Waals surface area contributed by atoms with Crippen molar-refractivity contribution in [3.8, 4) is 17.0 Å². The zero-order chi connectivity index (χ0) is 23.7. The van der Waals surface area contributed by atoms with Crippen LogP contribution >= 0.6 is 0 Å². The Morgan fingerprint density at radius 3 is 2.12 bits per heavy atom. The fourth-order valence-electron chi connectivity index (χ4n) is 4.26. The predicted molar refractivity (Wildman–Crippen MR) is 128 cm³/mol. The molecule has 0 bridgehead atoms. The Morgan fingerprint density at radius 2 is 1.48 bits per heavy atom. The molecule has 0 spiro atoms. The molecule has 33 heavy (non-hydrogen) atoms. The summed E-state index contributed by atoms with van der Waals surface area (Å²) in [7, 11) is 0. The third-order valence-corrected chi connectivity index (χ3v) is 5.84. The van der Waals surface area contributed by atoms with Crippen LogP contribution in [0.1, 0.15) is 46.5 Å². The summed E-state index contributed by atoms with van der Waals surface area (Å²) in [5.74, 6) is -0.0306. The van der Waals surface area contributed by atoms with Gasteiger partial charge in [0.25, 0.3) is 11.1 Å². The number of imidazole rings is 1. The SMILES string of the molecule is CCCCn1c(O)c(-c2ccccc2)c(=O)n2c3c(=O)n(CCC)c(=O)n(CCC)c3nc12. The maximum atomic E-state index is 13.7. The molecule has 0 aliphatic carbocycles. The van der Waals surface area contributed by atoms with Gasteiger partial charge in [0.1, 0.15) is 5.56 Å². The molecular weight excluding hydrogens is 422 g/mol. The second kappa shape index (κ2) is 9.09. The first kappa shape index (κ1) is 22.6. The van der Waals surface area contributed by atoms with Crippen molar-refractivity contribution in [2.24, 2.45) is 0 Å². The monoisotopic (exact) mass is 451 g/mol. The standard InChI is InChI=1S/C24H29N5O4/c1-4-7-15-27-20(30)17(16-11-9-8-10-12-16)21(31)29-18-19(25-23(27)29)26(13-5-2)24(33)28(14-6-3)22(18)32/h8-12,30H,4-7,13-15H2,1-3H3. The van der Waals surface area contributed by atoms with Gasteiger partial charge >= 0.3 is 5.69 Å². The van der Waals surface area contributed by atoms with E-state index in [9.17, 15) is 19.5 Å². The molecule has 0 aliphatic heterocycles. The van der Waals surface area contributed by atoms with E-state index in [1.807, 2.05) is 26.8 Å². The number of aryl methyl sites for hydroxylation is 2. The molecule has 0 radical (unpaired) electrons. The van der Waals surface area contributed by atoms with Crippen LogP contribution in [0.4, 0.5) is 0 Å². The first-order chi connectivity index (χ1) is 16.0. The van der Waals surface area contributed by atoms with Gasteiger partial charge in [-0.15, -0.1) is 0 Å². The quantitative estimate of drug-likeness (QED) is 0.444. The molecule has 174 valence electrons. The van der Waals surface area contributed by atoms with E-state index in [1.54, 1.807) is 28.8 Å². The first-order valence-electron chi connectivity index (χ1n) is 11.5. The van der Waals surface area contributed by atoms with Crippen LogP contribution < -0.4 is 16.8 Å². The van der Waals surface area contributed by atoms with Crippen molar-refractivity contribution >= 4 is 16.9 Å².